The number of ether oxygens (including phenoxy) is 1. The molecule has 0 saturated heterocycles. The Balaban J connectivity index is 1.65. The number of rotatable bonds is 4. The molecule has 1 heterocycles. The molecule has 0 bridgehead atoms. The third kappa shape index (κ3) is 3.49. The third-order valence-electron chi connectivity index (χ3n) is 4.23. The van der Waals surface area contributed by atoms with Crippen molar-refractivity contribution in [2.75, 3.05) is 5.32 Å². The summed E-state index contributed by atoms with van der Waals surface area (Å²) >= 11 is 0. The Morgan fingerprint density at radius 3 is 2.54 bits per heavy atom. The van der Waals surface area contributed by atoms with Gasteiger partial charge in [0.05, 0.1) is 5.52 Å². The molecule has 0 atom stereocenters. The van der Waals surface area contributed by atoms with Crippen LogP contribution in [0.15, 0.2) is 66.7 Å². The molecule has 0 unspecified atom stereocenters. The third-order valence-corrected chi connectivity index (χ3v) is 4.23. The second kappa shape index (κ2) is 7.37. The number of hydrogen-bond donors (Lipinski definition) is 1. The molecule has 4 aromatic rings. The largest absolute Gasteiger partial charge is 0.454 e. The summed E-state index contributed by atoms with van der Waals surface area (Å²) in [5.74, 6) is 3.78. The van der Waals surface area contributed by atoms with E-state index in [0.29, 0.717) is 17.4 Å². The van der Waals surface area contributed by atoms with E-state index in [0.717, 1.165) is 22.2 Å². The van der Waals surface area contributed by atoms with E-state index in [1.54, 1.807) is 24.3 Å². The van der Waals surface area contributed by atoms with Crippen LogP contribution in [-0.2, 0) is 0 Å². The van der Waals surface area contributed by atoms with Crippen LogP contribution in [0.25, 0.3) is 10.9 Å². The topological polar surface area (TPSA) is 47.0 Å². The van der Waals surface area contributed by atoms with Gasteiger partial charge in [-0.1, -0.05) is 24.3 Å². The number of hydrogen-bond acceptors (Lipinski definition) is 4. The van der Waals surface area contributed by atoms with Crippen molar-refractivity contribution in [2.45, 2.75) is 6.92 Å². The van der Waals surface area contributed by atoms with Crippen molar-refractivity contribution in [3.63, 3.8) is 0 Å². The van der Waals surface area contributed by atoms with Crippen LogP contribution in [0.4, 0.5) is 15.9 Å². The lowest BCUT2D eigenvalue weighted by Crippen LogP contribution is -2.00. The zero-order valence-electron chi connectivity index (χ0n) is 15.1. The first-order valence-electron chi connectivity index (χ1n) is 8.67. The minimum Gasteiger partial charge on any atom is -0.454 e. The maximum absolute atomic E-state index is 13.8. The Bertz CT molecular complexity index is 1210. The number of benzene rings is 3. The molecule has 136 valence electrons. The fraction of sp³-hybridized carbons (Fsp3) is 0.0435. The predicted octanol–water partition coefficient (Wildman–Crippen LogP) is 5.59. The molecule has 0 radical (unpaired) electrons. The van der Waals surface area contributed by atoms with Crippen LogP contribution in [0.3, 0.4) is 0 Å². The predicted molar refractivity (Wildman–Crippen MR) is 108 cm³/mol. The van der Waals surface area contributed by atoms with Gasteiger partial charge in [0.15, 0.2) is 11.6 Å². The lowest BCUT2D eigenvalue weighted by Gasteiger charge is -2.13. The van der Waals surface area contributed by atoms with Gasteiger partial charge in [0.25, 0.3) is 0 Å². The molecule has 1 aromatic heterocycles. The molecule has 0 spiro atoms. The van der Waals surface area contributed by atoms with E-state index in [9.17, 15) is 4.39 Å². The van der Waals surface area contributed by atoms with Gasteiger partial charge in [0.1, 0.15) is 11.6 Å². The number of para-hydroxylation sites is 2. The van der Waals surface area contributed by atoms with Gasteiger partial charge in [-0.15, -0.1) is 6.42 Å². The minimum atomic E-state index is -0.404. The molecule has 5 heteroatoms. The number of aryl methyl sites for hydroxylation is 1. The standard InChI is InChI=1S/C23H16FN3O/c1-3-22-26-19-10-6-4-8-17(19)23(27-22)25-16-12-13-20(15(2)14-16)28-21-11-7-5-9-18(21)24/h1,4-14H,2H3,(H,25,26,27). The van der Waals surface area contributed by atoms with Crippen molar-refractivity contribution < 1.29 is 9.13 Å². The van der Waals surface area contributed by atoms with Crippen molar-refractivity contribution in [2.24, 2.45) is 0 Å². The van der Waals surface area contributed by atoms with E-state index in [2.05, 4.69) is 21.2 Å². The normalized spacial score (nSPS) is 10.5. The first-order valence-corrected chi connectivity index (χ1v) is 8.67. The summed E-state index contributed by atoms with van der Waals surface area (Å²) in [5, 5.41) is 4.16. The Kier molecular flexibility index (Phi) is 4.61. The Hall–Kier alpha value is -3.91. The molecule has 4 nitrogen and oxygen atoms in total. The highest BCUT2D eigenvalue weighted by Crippen LogP contribution is 2.30. The first kappa shape index (κ1) is 17.5. The molecule has 0 aliphatic heterocycles. The fourth-order valence-corrected chi connectivity index (χ4v) is 2.86. The van der Waals surface area contributed by atoms with Crippen molar-refractivity contribution in [1.82, 2.24) is 9.97 Å². The van der Waals surface area contributed by atoms with Crippen molar-refractivity contribution in [1.29, 1.82) is 0 Å². The number of nitrogens with one attached hydrogen (secondary N) is 1. The van der Waals surface area contributed by atoms with Crippen LogP contribution in [0.5, 0.6) is 11.5 Å². The Morgan fingerprint density at radius 1 is 0.964 bits per heavy atom. The van der Waals surface area contributed by atoms with E-state index in [1.165, 1.54) is 6.07 Å². The van der Waals surface area contributed by atoms with Crippen molar-refractivity contribution in [3.8, 4) is 23.8 Å². The van der Waals surface area contributed by atoms with E-state index in [-0.39, 0.29) is 5.75 Å². The molecule has 0 aliphatic carbocycles. The first-order chi connectivity index (χ1) is 13.6. The molecular formula is C23H16FN3O. The lowest BCUT2D eigenvalue weighted by molar-refractivity contribution is 0.439. The summed E-state index contributed by atoms with van der Waals surface area (Å²) < 4.78 is 19.5. The van der Waals surface area contributed by atoms with Crippen molar-refractivity contribution >= 4 is 22.4 Å². The summed E-state index contributed by atoms with van der Waals surface area (Å²) in [5.41, 5.74) is 2.43. The van der Waals surface area contributed by atoms with E-state index in [4.69, 9.17) is 11.2 Å². The molecule has 0 fully saturated rings. The Labute approximate surface area is 162 Å². The smallest absolute Gasteiger partial charge is 0.207 e. The molecule has 28 heavy (non-hydrogen) atoms. The summed E-state index contributed by atoms with van der Waals surface area (Å²) in [6.45, 7) is 1.90. The molecular weight excluding hydrogens is 353 g/mol. The van der Waals surface area contributed by atoms with E-state index >= 15 is 0 Å². The minimum absolute atomic E-state index is 0.187. The SMILES string of the molecule is C#Cc1nc(Nc2ccc(Oc3ccccc3F)c(C)c2)c2ccccc2n1. The molecule has 4 rings (SSSR count). The maximum atomic E-state index is 13.8. The molecule has 0 saturated carbocycles. The summed E-state index contributed by atoms with van der Waals surface area (Å²) in [4.78, 5) is 8.75. The number of nitrogens with zero attached hydrogens (tertiary/aromatic N) is 2. The van der Waals surface area contributed by atoms with Crippen LogP contribution in [0, 0.1) is 25.1 Å². The maximum Gasteiger partial charge on any atom is 0.207 e. The van der Waals surface area contributed by atoms with Gasteiger partial charge in [-0.05, 0) is 60.9 Å². The van der Waals surface area contributed by atoms with Gasteiger partial charge in [-0.25, -0.2) is 14.4 Å². The highest BCUT2D eigenvalue weighted by atomic mass is 19.1. The summed E-state index contributed by atoms with van der Waals surface area (Å²) in [7, 11) is 0. The average molecular weight is 369 g/mol. The number of anilines is 2. The highest BCUT2D eigenvalue weighted by molar-refractivity contribution is 5.91. The monoisotopic (exact) mass is 369 g/mol. The molecule has 0 amide bonds. The van der Waals surface area contributed by atoms with Gasteiger partial charge >= 0.3 is 0 Å². The van der Waals surface area contributed by atoms with Gasteiger partial charge in [0.2, 0.25) is 5.82 Å². The average Bonchev–Trinajstić information content (AvgIpc) is 2.71. The zero-order chi connectivity index (χ0) is 19.5. The fourth-order valence-electron chi connectivity index (χ4n) is 2.86. The summed E-state index contributed by atoms with van der Waals surface area (Å²) in [6, 6.07) is 19.5. The number of fused-ring (bicyclic) bond motifs is 1. The second-order valence-electron chi connectivity index (χ2n) is 6.20. The van der Waals surface area contributed by atoms with E-state index in [1.807, 2.05) is 43.3 Å². The number of terminal acetylenes is 1. The highest BCUT2D eigenvalue weighted by Gasteiger charge is 2.10. The van der Waals surface area contributed by atoms with Crippen LogP contribution in [0.1, 0.15) is 11.4 Å². The van der Waals surface area contributed by atoms with E-state index < -0.39 is 5.82 Å². The molecule has 0 aliphatic rings. The number of halogens is 1. The van der Waals surface area contributed by atoms with Gasteiger partial charge in [0, 0.05) is 11.1 Å². The van der Waals surface area contributed by atoms with Crippen LogP contribution in [0.2, 0.25) is 0 Å². The Morgan fingerprint density at radius 2 is 1.75 bits per heavy atom. The quantitative estimate of drug-likeness (QED) is 0.476. The lowest BCUT2D eigenvalue weighted by atomic mass is 10.2. The second-order valence-corrected chi connectivity index (χ2v) is 6.20. The van der Waals surface area contributed by atoms with Gasteiger partial charge in [-0.3, -0.25) is 0 Å². The summed E-state index contributed by atoms with van der Waals surface area (Å²) in [6.07, 6.45) is 5.48. The molecule has 3 aromatic carbocycles. The zero-order valence-corrected chi connectivity index (χ0v) is 15.1. The van der Waals surface area contributed by atoms with Gasteiger partial charge in [-0.2, -0.15) is 0 Å². The van der Waals surface area contributed by atoms with Crippen LogP contribution in [-0.4, -0.2) is 9.97 Å². The number of aromatic nitrogens is 2. The van der Waals surface area contributed by atoms with Gasteiger partial charge < -0.3 is 10.1 Å². The molecule has 1 N–H and O–H groups in total. The van der Waals surface area contributed by atoms with Crippen molar-refractivity contribution in [3.05, 3.63) is 83.9 Å². The van der Waals surface area contributed by atoms with Crippen LogP contribution < -0.4 is 10.1 Å². The van der Waals surface area contributed by atoms with Crippen LogP contribution >= 0.6 is 0 Å².